The van der Waals surface area contributed by atoms with E-state index in [4.69, 9.17) is 14.5 Å². The summed E-state index contributed by atoms with van der Waals surface area (Å²) in [6, 6.07) is 18.3. The Morgan fingerprint density at radius 3 is 2.27 bits per heavy atom. The van der Waals surface area contributed by atoms with Crippen LogP contribution in [0.15, 0.2) is 66.7 Å². The minimum absolute atomic E-state index is 0.482. The van der Waals surface area contributed by atoms with E-state index >= 15 is 0 Å². The molecular weight excluding hydrogens is 553 g/mol. The van der Waals surface area contributed by atoms with E-state index in [0.29, 0.717) is 29.4 Å². The number of methoxy groups -OCH3 is 1. The van der Waals surface area contributed by atoms with Crippen LogP contribution in [0, 0.1) is 13.8 Å². The number of nitrogens with zero attached hydrogens (tertiary/aromatic N) is 2. The van der Waals surface area contributed by atoms with Gasteiger partial charge in [0, 0.05) is 24.2 Å². The molecule has 0 amide bonds. The summed E-state index contributed by atoms with van der Waals surface area (Å²) in [5.74, 6) is 0.155. The molecule has 41 heavy (non-hydrogen) atoms. The molecule has 0 atom stereocenters. The van der Waals surface area contributed by atoms with Crippen LogP contribution in [-0.2, 0) is 24.1 Å². The SMILES string of the molecule is COc1ccccc1CN(Cc1ccc(OC(C)(C)C(=O)O)c(C)c1)c1sc(-c2ccc(C(F)(F)F)cc2)nc1C. The number of anilines is 1. The number of alkyl halides is 3. The lowest BCUT2D eigenvalue weighted by atomic mass is 10.1. The van der Waals surface area contributed by atoms with Crippen LogP contribution in [0.2, 0.25) is 0 Å². The number of ether oxygens (including phenoxy) is 2. The first-order valence-electron chi connectivity index (χ1n) is 12.8. The van der Waals surface area contributed by atoms with Gasteiger partial charge in [0.05, 0.1) is 18.4 Å². The Morgan fingerprint density at radius 2 is 1.66 bits per heavy atom. The molecule has 0 radical (unpaired) electrons. The number of thiazole rings is 1. The van der Waals surface area contributed by atoms with Crippen molar-refractivity contribution in [1.29, 1.82) is 0 Å². The third kappa shape index (κ3) is 7.00. The van der Waals surface area contributed by atoms with E-state index in [9.17, 15) is 23.1 Å². The van der Waals surface area contributed by atoms with E-state index in [1.165, 1.54) is 37.3 Å². The minimum Gasteiger partial charge on any atom is -0.496 e. The van der Waals surface area contributed by atoms with Crippen molar-refractivity contribution >= 4 is 22.3 Å². The maximum atomic E-state index is 13.1. The molecule has 0 saturated carbocycles. The number of aryl methyl sites for hydroxylation is 2. The van der Waals surface area contributed by atoms with Crippen molar-refractivity contribution in [3.63, 3.8) is 0 Å². The summed E-state index contributed by atoms with van der Waals surface area (Å²) in [7, 11) is 1.62. The summed E-state index contributed by atoms with van der Waals surface area (Å²) in [5, 5.41) is 10.9. The van der Waals surface area contributed by atoms with Gasteiger partial charge in [-0.3, -0.25) is 0 Å². The van der Waals surface area contributed by atoms with Gasteiger partial charge in [-0.1, -0.05) is 53.8 Å². The summed E-state index contributed by atoms with van der Waals surface area (Å²) < 4.78 is 50.6. The molecule has 0 aliphatic heterocycles. The Kier molecular flexibility index (Phi) is 8.63. The second-order valence-electron chi connectivity index (χ2n) is 10.2. The van der Waals surface area contributed by atoms with Gasteiger partial charge in [0.1, 0.15) is 21.5 Å². The predicted octanol–water partition coefficient (Wildman–Crippen LogP) is 7.90. The Labute approximate surface area is 241 Å². The van der Waals surface area contributed by atoms with E-state index in [2.05, 4.69) is 4.90 Å². The number of para-hydroxylation sites is 1. The number of carboxylic acids is 1. The van der Waals surface area contributed by atoms with Gasteiger partial charge in [-0.05, 0) is 63.1 Å². The van der Waals surface area contributed by atoms with Gasteiger partial charge < -0.3 is 19.5 Å². The van der Waals surface area contributed by atoms with Crippen molar-refractivity contribution < 1.29 is 32.5 Å². The zero-order chi connectivity index (χ0) is 29.9. The van der Waals surface area contributed by atoms with Crippen LogP contribution in [0.4, 0.5) is 18.2 Å². The highest BCUT2D eigenvalue weighted by atomic mass is 32.1. The molecule has 1 heterocycles. The third-order valence-electron chi connectivity index (χ3n) is 6.57. The van der Waals surface area contributed by atoms with Crippen LogP contribution in [0.1, 0.15) is 41.8 Å². The molecule has 0 unspecified atom stereocenters. The number of carboxylic acid groups (broad SMARTS) is 1. The number of rotatable bonds is 10. The molecule has 0 aliphatic carbocycles. The van der Waals surface area contributed by atoms with Gasteiger partial charge in [-0.2, -0.15) is 13.2 Å². The molecule has 0 aliphatic rings. The number of halogens is 3. The lowest BCUT2D eigenvalue weighted by molar-refractivity contribution is -0.152. The van der Waals surface area contributed by atoms with E-state index in [-0.39, 0.29) is 0 Å². The monoisotopic (exact) mass is 584 g/mol. The van der Waals surface area contributed by atoms with Crippen LogP contribution in [-0.4, -0.2) is 28.8 Å². The summed E-state index contributed by atoms with van der Waals surface area (Å²) >= 11 is 1.41. The van der Waals surface area contributed by atoms with Crippen LogP contribution in [0.3, 0.4) is 0 Å². The second-order valence-corrected chi connectivity index (χ2v) is 11.1. The van der Waals surface area contributed by atoms with Gasteiger partial charge in [0.15, 0.2) is 5.60 Å². The van der Waals surface area contributed by atoms with E-state index in [1.807, 2.05) is 50.2 Å². The smallest absolute Gasteiger partial charge is 0.416 e. The van der Waals surface area contributed by atoms with Gasteiger partial charge in [0.25, 0.3) is 0 Å². The molecule has 1 N–H and O–H groups in total. The van der Waals surface area contributed by atoms with Crippen molar-refractivity contribution in [1.82, 2.24) is 4.98 Å². The lowest BCUT2D eigenvalue weighted by Gasteiger charge is -2.26. The normalized spacial score (nSPS) is 11.8. The number of carbonyl (C=O) groups is 1. The second kappa shape index (κ2) is 11.8. The lowest BCUT2D eigenvalue weighted by Crippen LogP contribution is -2.38. The molecule has 4 aromatic rings. The van der Waals surface area contributed by atoms with Crippen LogP contribution < -0.4 is 14.4 Å². The third-order valence-corrected chi connectivity index (χ3v) is 7.83. The van der Waals surface area contributed by atoms with Gasteiger partial charge in [-0.15, -0.1) is 0 Å². The molecule has 0 spiro atoms. The zero-order valence-electron chi connectivity index (χ0n) is 23.4. The van der Waals surface area contributed by atoms with Crippen molar-refractivity contribution in [2.45, 2.75) is 52.6 Å². The minimum atomic E-state index is -4.41. The first-order chi connectivity index (χ1) is 19.3. The molecule has 0 saturated heterocycles. The van der Waals surface area contributed by atoms with E-state index < -0.39 is 23.3 Å². The first-order valence-corrected chi connectivity index (χ1v) is 13.6. The molecule has 10 heteroatoms. The van der Waals surface area contributed by atoms with Crippen molar-refractivity contribution in [2.24, 2.45) is 0 Å². The number of aromatic nitrogens is 1. The average molecular weight is 585 g/mol. The van der Waals surface area contributed by atoms with E-state index in [0.717, 1.165) is 45.3 Å². The summed E-state index contributed by atoms with van der Waals surface area (Å²) in [5.41, 5.74) is 1.98. The fourth-order valence-electron chi connectivity index (χ4n) is 4.31. The van der Waals surface area contributed by atoms with Gasteiger partial charge in [0.2, 0.25) is 0 Å². The largest absolute Gasteiger partial charge is 0.496 e. The molecule has 6 nitrogen and oxygen atoms in total. The van der Waals surface area contributed by atoms with Crippen molar-refractivity contribution in [3.8, 4) is 22.1 Å². The molecule has 4 rings (SSSR count). The number of hydrogen-bond acceptors (Lipinski definition) is 6. The Balaban J connectivity index is 1.68. The Hall–Kier alpha value is -4.05. The van der Waals surface area contributed by atoms with Crippen molar-refractivity contribution in [3.05, 3.63) is 94.7 Å². The van der Waals surface area contributed by atoms with E-state index in [1.54, 1.807) is 13.2 Å². The molecule has 3 aromatic carbocycles. The highest BCUT2D eigenvalue weighted by Crippen LogP contribution is 2.38. The van der Waals surface area contributed by atoms with Crippen LogP contribution in [0.25, 0.3) is 10.6 Å². The van der Waals surface area contributed by atoms with Crippen LogP contribution in [0.5, 0.6) is 11.5 Å². The summed E-state index contributed by atoms with van der Waals surface area (Å²) in [4.78, 5) is 18.4. The highest BCUT2D eigenvalue weighted by Gasteiger charge is 2.31. The highest BCUT2D eigenvalue weighted by molar-refractivity contribution is 7.19. The summed E-state index contributed by atoms with van der Waals surface area (Å²) in [6.07, 6.45) is -4.41. The molecule has 1 aromatic heterocycles. The van der Waals surface area contributed by atoms with Gasteiger partial charge in [-0.25, -0.2) is 9.78 Å². The standard InChI is InChI=1S/C31H31F3N2O4S/c1-19-16-21(10-15-25(19)40-30(3,4)29(37)38)17-36(18-23-8-6-7-9-26(23)39-5)28-20(2)35-27(41-28)22-11-13-24(14-12-22)31(32,33)34/h6-16H,17-18H2,1-5H3,(H,37,38). The molecular formula is C31H31F3N2O4S. The first kappa shape index (κ1) is 29.9. The molecule has 0 fully saturated rings. The zero-order valence-corrected chi connectivity index (χ0v) is 24.2. The number of hydrogen-bond donors (Lipinski definition) is 1. The average Bonchev–Trinajstić information content (AvgIpc) is 3.31. The Bertz CT molecular complexity index is 1530. The molecule has 216 valence electrons. The predicted molar refractivity (Wildman–Crippen MR) is 154 cm³/mol. The fraction of sp³-hybridized carbons (Fsp3) is 0.290. The number of benzene rings is 3. The number of aliphatic carboxylic acids is 1. The van der Waals surface area contributed by atoms with Crippen molar-refractivity contribution in [2.75, 3.05) is 12.0 Å². The quantitative estimate of drug-likeness (QED) is 0.204. The fourth-order valence-corrected chi connectivity index (χ4v) is 5.38. The topological polar surface area (TPSA) is 71.9 Å². The Morgan fingerprint density at radius 1 is 0.976 bits per heavy atom. The summed E-state index contributed by atoms with van der Waals surface area (Å²) in [6.45, 7) is 7.71. The van der Waals surface area contributed by atoms with Crippen LogP contribution >= 0.6 is 11.3 Å². The molecule has 0 bridgehead atoms. The maximum absolute atomic E-state index is 13.1. The van der Waals surface area contributed by atoms with Gasteiger partial charge >= 0.3 is 12.1 Å². The maximum Gasteiger partial charge on any atom is 0.416 e.